The molecular weight excluding hydrogens is 172 g/mol. The summed E-state index contributed by atoms with van der Waals surface area (Å²) in [6.07, 6.45) is 1.27. The summed E-state index contributed by atoms with van der Waals surface area (Å²) in [5.74, 6) is -1.01. The molecule has 0 aliphatic rings. The van der Waals surface area contributed by atoms with E-state index in [9.17, 15) is 4.79 Å². The Morgan fingerprint density at radius 2 is 2.31 bits per heavy atom. The van der Waals surface area contributed by atoms with Crippen LogP contribution in [0.5, 0.6) is 6.01 Å². The average Bonchev–Trinajstić information content (AvgIpc) is 2.32. The van der Waals surface area contributed by atoms with Crippen molar-refractivity contribution < 1.29 is 14.6 Å². The molecule has 1 aromatic rings. The first-order valence-electron chi connectivity index (χ1n) is 3.94. The molecule has 0 bridgehead atoms. The number of imidazole rings is 1. The fraction of sp³-hybridized carbons (Fsp3) is 0.500. The first kappa shape index (κ1) is 9.57. The number of carboxylic acids is 1. The first-order chi connectivity index (χ1) is 6.02. The molecule has 0 unspecified atom stereocenters. The maximum Gasteiger partial charge on any atom is 0.354 e. The fourth-order valence-electron chi connectivity index (χ4n) is 0.912. The maximum absolute atomic E-state index is 10.6. The van der Waals surface area contributed by atoms with Gasteiger partial charge in [-0.05, 0) is 13.8 Å². The Hall–Kier alpha value is -1.52. The van der Waals surface area contributed by atoms with E-state index < -0.39 is 5.97 Å². The predicted molar refractivity (Wildman–Crippen MR) is 45.9 cm³/mol. The molecule has 0 radical (unpaired) electrons. The molecule has 5 nitrogen and oxygen atoms in total. The summed E-state index contributed by atoms with van der Waals surface area (Å²) in [6.45, 7) is 3.71. The molecular formula is C8H12N2O3. The van der Waals surface area contributed by atoms with Crippen molar-refractivity contribution in [1.29, 1.82) is 0 Å². The van der Waals surface area contributed by atoms with E-state index >= 15 is 0 Å². The van der Waals surface area contributed by atoms with E-state index in [0.29, 0.717) is 6.01 Å². The number of rotatable bonds is 3. The van der Waals surface area contributed by atoms with Gasteiger partial charge in [-0.1, -0.05) is 0 Å². The normalized spacial score (nSPS) is 10.5. The van der Waals surface area contributed by atoms with Gasteiger partial charge in [-0.2, -0.15) is 0 Å². The van der Waals surface area contributed by atoms with Crippen molar-refractivity contribution in [3.63, 3.8) is 0 Å². The predicted octanol–water partition coefficient (Wildman–Crippen LogP) is 0.905. The topological polar surface area (TPSA) is 64.3 Å². The third-order valence-electron chi connectivity index (χ3n) is 1.51. The third kappa shape index (κ3) is 1.99. The lowest BCUT2D eigenvalue weighted by Crippen LogP contribution is -2.11. The summed E-state index contributed by atoms with van der Waals surface area (Å²) >= 11 is 0. The van der Waals surface area contributed by atoms with E-state index in [0.717, 1.165) is 0 Å². The summed E-state index contributed by atoms with van der Waals surface area (Å²) in [7, 11) is 1.61. The second-order valence-corrected chi connectivity index (χ2v) is 2.96. The quantitative estimate of drug-likeness (QED) is 0.758. The number of hydrogen-bond acceptors (Lipinski definition) is 3. The van der Waals surface area contributed by atoms with E-state index in [1.807, 2.05) is 13.8 Å². The Morgan fingerprint density at radius 1 is 1.69 bits per heavy atom. The van der Waals surface area contributed by atoms with E-state index in [4.69, 9.17) is 9.84 Å². The van der Waals surface area contributed by atoms with Crippen LogP contribution in [0.1, 0.15) is 24.3 Å². The van der Waals surface area contributed by atoms with Crippen LogP contribution in [0.15, 0.2) is 6.20 Å². The van der Waals surface area contributed by atoms with Gasteiger partial charge >= 0.3 is 5.97 Å². The van der Waals surface area contributed by atoms with Gasteiger partial charge in [0.05, 0.1) is 12.3 Å². The largest absolute Gasteiger partial charge is 0.477 e. The highest BCUT2D eigenvalue weighted by atomic mass is 16.5. The Bertz CT molecular complexity index is 317. The van der Waals surface area contributed by atoms with Crippen LogP contribution in [0, 0.1) is 0 Å². The van der Waals surface area contributed by atoms with Crippen LogP contribution in [0.25, 0.3) is 0 Å². The third-order valence-corrected chi connectivity index (χ3v) is 1.51. The second kappa shape index (κ2) is 3.47. The van der Waals surface area contributed by atoms with Crippen molar-refractivity contribution in [2.24, 2.45) is 7.05 Å². The number of carbonyl (C=O) groups is 1. The Labute approximate surface area is 76.0 Å². The molecule has 72 valence electrons. The first-order valence-corrected chi connectivity index (χ1v) is 3.94. The lowest BCUT2D eigenvalue weighted by Gasteiger charge is -2.08. The number of ether oxygens (including phenoxy) is 1. The summed E-state index contributed by atoms with van der Waals surface area (Å²) < 4.78 is 6.67. The lowest BCUT2D eigenvalue weighted by molar-refractivity contribution is 0.0684. The zero-order valence-corrected chi connectivity index (χ0v) is 7.81. The van der Waals surface area contributed by atoms with Gasteiger partial charge in [-0.3, -0.25) is 4.57 Å². The Kier molecular flexibility index (Phi) is 2.55. The number of hydrogen-bond donors (Lipinski definition) is 1. The number of carboxylic acid groups (broad SMARTS) is 1. The van der Waals surface area contributed by atoms with Crippen LogP contribution >= 0.6 is 0 Å². The van der Waals surface area contributed by atoms with Crippen LogP contribution in [-0.2, 0) is 7.05 Å². The molecule has 1 heterocycles. The molecule has 0 spiro atoms. The molecule has 13 heavy (non-hydrogen) atoms. The standard InChI is InChI=1S/C8H12N2O3/c1-5(2)13-8-9-4-6(7(11)12)10(8)3/h4-5H,1-3H3,(H,11,12). The van der Waals surface area contributed by atoms with Gasteiger partial charge in [0.25, 0.3) is 6.01 Å². The summed E-state index contributed by atoms with van der Waals surface area (Å²) in [4.78, 5) is 14.4. The van der Waals surface area contributed by atoms with Crippen molar-refractivity contribution in [2.75, 3.05) is 0 Å². The second-order valence-electron chi connectivity index (χ2n) is 2.96. The van der Waals surface area contributed by atoms with Crippen molar-refractivity contribution in [1.82, 2.24) is 9.55 Å². The molecule has 1 rings (SSSR count). The van der Waals surface area contributed by atoms with Gasteiger partial charge in [0.1, 0.15) is 5.69 Å². The molecule has 0 amide bonds. The van der Waals surface area contributed by atoms with Crippen molar-refractivity contribution in [3.8, 4) is 6.01 Å². The lowest BCUT2D eigenvalue weighted by atomic mass is 10.5. The van der Waals surface area contributed by atoms with Gasteiger partial charge in [0, 0.05) is 7.05 Å². The van der Waals surface area contributed by atoms with Gasteiger partial charge in [-0.25, -0.2) is 9.78 Å². The average molecular weight is 184 g/mol. The van der Waals surface area contributed by atoms with E-state index in [1.54, 1.807) is 7.05 Å². The van der Waals surface area contributed by atoms with Crippen LogP contribution in [0.4, 0.5) is 0 Å². The zero-order valence-electron chi connectivity index (χ0n) is 7.81. The van der Waals surface area contributed by atoms with Gasteiger partial charge < -0.3 is 9.84 Å². The highest BCUT2D eigenvalue weighted by Gasteiger charge is 2.13. The molecule has 0 atom stereocenters. The number of aromatic nitrogens is 2. The SMILES string of the molecule is CC(C)Oc1ncc(C(=O)O)n1C. The minimum Gasteiger partial charge on any atom is -0.477 e. The summed E-state index contributed by atoms with van der Waals surface area (Å²) in [5.41, 5.74) is 0.121. The molecule has 5 heteroatoms. The fourth-order valence-corrected chi connectivity index (χ4v) is 0.912. The minimum atomic E-state index is -1.01. The van der Waals surface area contributed by atoms with E-state index in [1.165, 1.54) is 10.8 Å². The monoisotopic (exact) mass is 184 g/mol. The van der Waals surface area contributed by atoms with Crippen molar-refractivity contribution >= 4 is 5.97 Å². The van der Waals surface area contributed by atoms with E-state index in [-0.39, 0.29) is 11.8 Å². The summed E-state index contributed by atoms with van der Waals surface area (Å²) in [5, 5.41) is 8.70. The highest BCUT2D eigenvalue weighted by Crippen LogP contribution is 2.11. The van der Waals surface area contributed by atoms with Crippen molar-refractivity contribution in [3.05, 3.63) is 11.9 Å². The molecule has 0 aromatic carbocycles. The van der Waals surface area contributed by atoms with Crippen LogP contribution in [0.3, 0.4) is 0 Å². The Balaban J connectivity index is 2.93. The highest BCUT2D eigenvalue weighted by molar-refractivity contribution is 5.85. The number of nitrogens with zero attached hydrogens (tertiary/aromatic N) is 2. The van der Waals surface area contributed by atoms with Crippen LogP contribution in [-0.4, -0.2) is 26.7 Å². The minimum absolute atomic E-state index is 0.0113. The number of aromatic carboxylic acids is 1. The van der Waals surface area contributed by atoms with Crippen LogP contribution < -0.4 is 4.74 Å². The molecule has 0 fully saturated rings. The molecule has 0 saturated heterocycles. The molecule has 0 saturated carbocycles. The summed E-state index contributed by atoms with van der Waals surface area (Å²) in [6, 6.07) is 0.326. The van der Waals surface area contributed by atoms with Crippen molar-refractivity contribution in [2.45, 2.75) is 20.0 Å². The van der Waals surface area contributed by atoms with E-state index in [2.05, 4.69) is 4.98 Å². The molecule has 1 aromatic heterocycles. The van der Waals surface area contributed by atoms with Gasteiger partial charge in [0.15, 0.2) is 0 Å². The smallest absolute Gasteiger partial charge is 0.354 e. The molecule has 0 aliphatic carbocycles. The van der Waals surface area contributed by atoms with Gasteiger partial charge in [0.2, 0.25) is 0 Å². The zero-order chi connectivity index (χ0) is 10.0. The van der Waals surface area contributed by atoms with Crippen LogP contribution in [0.2, 0.25) is 0 Å². The molecule has 1 N–H and O–H groups in total. The molecule has 0 aliphatic heterocycles. The maximum atomic E-state index is 10.6. The Morgan fingerprint density at radius 3 is 2.69 bits per heavy atom. The van der Waals surface area contributed by atoms with Gasteiger partial charge in [-0.15, -0.1) is 0 Å².